The zero-order valence-corrected chi connectivity index (χ0v) is 13.3. The largest absolute Gasteiger partial charge is 0.366 e. The van der Waals surface area contributed by atoms with E-state index in [1.807, 2.05) is 11.4 Å². The van der Waals surface area contributed by atoms with Crippen molar-refractivity contribution in [2.75, 3.05) is 0 Å². The van der Waals surface area contributed by atoms with Crippen LogP contribution in [0.5, 0.6) is 0 Å². The van der Waals surface area contributed by atoms with E-state index in [4.69, 9.17) is 5.73 Å². The maximum absolute atomic E-state index is 11.2. The number of nitro benzene ring substituents is 1. The van der Waals surface area contributed by atoms with Gasteiger partial charge in [-0.2, -0.15) is 0 Å². The highest BCUT2D eigenvalue weighted by Gasteiger charge is 2.17. The fourth-order valence-corrected chi connectivity index (χ4v) is 3.97. The van der Waals surface area contributed by atoms with Gasteiger partial charge >= 0.3 is 0 Å². The third kappa shape index (κ3) is 3.15. The molecule has 0 aliphatic rings. The second kappa shape index (κ2) is 6.31. The van der Waals surface area contributed by atoms with Crippen molar-refractivity contribution in [3.8, 4) is 0 Å². The molecule has 0 bridgehead atoms. The molecule has 0 radical (unpaired) electrons. The standard InChI is InChI=1S/C14H10N4O3S2/c15-13(19)8-1-2-9(11(5-8)18(20)21)6-23-14-12-10(3-4-22-12)16-7-17-14/h1-5,7H,6H2,(H2,15,19). The van der Waals surface area contributed by atoms with Crippen LogP contribution < -0.4 is 5.73 Å². The van der Waals surface area contributed by atoms with Crippen LogP contribution in [0.4, 0.5) is 5.69 Å². The molecule has 116 valence electrons. The lowest BCUT2D eigenvalue weighted by Crippen LogP contribution is -2.11. The Bertz CT molecular complexity index is 910. The highest BCUT2D eigenvalue weighted by Crippen LogP contribution is 2.33. The van der Waals surface area contributed by atoms with Gasteiger partial charge in [-0.15, -0.1) is 11.3 Å². The van der Waals surface area contributed by atoms with Crippen molar-refractivity contribution >= 4 is 44.9 Å². The first-order valence-corrected chi connectivity index (χ1v) is 8.31. The predicted molar refractivity (Wildman–Crippen MR) is 88.6 cm³/mol. The van der Waals surface area contributed by atoms with Gasteiger partial charge in [0.05, 0.1) is 15.1 Å². The second-order valence-corrected chi connectivity index (χ2v) is 6.45. The summed E-state index contributed by atoms with van der Waals surface area (Å²) in [6, 6.07) is 6.15. The van der Waals surface area contributed by atoms with Gasteiger partial charge in [-0.05, 0) is 17.5 Å². The Morgan fingerprint density at radius 2 is 2.17 bits per heavy atom. The summed E-state index contributed by atoms with van der Waals surface area (Å²) in [7, 11) is 0. The minimum atomic E-state index is -0.691. The molecule has 0 atom stereocenters. The van der Waals surface area contributed by atoms with E-state index >= 15 is 0 Å². The van der Waals surface area contributed by atoms with Gasteiger partial charge in [0.1, 0.15) is 11.4 Å². The number of fused-ring (bicyclic) bond motifs is 1. The van der Waals surface area contributed by atoms with Crippen molar-refractivity contribution in [3.05, 3.63) is 57.2 Å². The maximum Gasteiger partial charge on any atom is 0.274 e. The molecule has 3 aromatic rings. The van der Waals surface area contributed by atoms with E-state index in [2.05, 4.69) is 9.97 Å². The summed E-state index contributed by atoms with van der Waals surface area (Å²) in [4.78, 5) is 30.2. The number of rotatable bonds is 5. The van der Waals surface area contributed by atoms with E-state index < -0.39 is 10.8 Å². The van der Waals surface area contributed by atoms with Gasteiger partial charge in [0, 0.05) is 22.9 Å². The Balaban J connectivity index is 1.89. The van der Waals surface area contributed by atoms with Crippen molar-refractivity contribution in [2.45, 2.75) is 10.8 Å². The van der Waals surface area contributed by atoms with Crippen LogP contribution in [0.3, 0.4) is 0 Å². The average Bonchev–Trinajstić information content (AvgIpc) is 3.01. The second-order valence-electron chi connectivity index (χ2n) is 4.57. The molecule has 7 nitrogen and oxygen atoms in total. The smallest absolute Gasteiger partial charge is 0.274 e. The summed E-state index contributed by atoms with van der Waals surface area (Å²) in [6.45, 7) is 0. The number of hydrogen-bond acceptors (Lipinski definition) is 7. The fraction of sp³-hybridized carbons (Fsp3) is 0.0714. The molecule has 0 saturated carbocycles. The Morgan fingerprint density at radius 1 is 1.35 bits per heavy atom. The van der Waals surface area contributed by atoms with E-state index in [0.717, 1.165) is 15.2 Å². The number of thiophene rings is 1. The van der Waals surface area contributed by atoms with E-state index in [-0.39, 0.29) is 11.3 Å². The van der Waals surface area contributed by atoms with Gasteiger partial charge < -0.3 is 5.73 Å². The summed E-state index contributed by atoms with van der Waals surface area (Å²) in [6.07, 6.45) is 1.47. The third-order valence-corrected chi connectivity index (χ3v) is 5.22. The number of primary amides is 1. The summed E-state index contributed by atoms with van der Waals surface area (Å²) in [5.41, 5.74) is 6.53. The molecule has 0 saturated heterocycles. The molecule has 9 heteroatoms. The molecule has 23 heavy (non-hydrogen) atoms. The molecule has 0 aliphatic carbocycles. The first-order chi connectivity index (χ1) is 11.1. The number of amides is 1. The number of nitrogens with zero attached hydrogens (tertiary/aromatic N) is 3. The van der Waals surface area contributed by atoms with Gasteiger partial charge in [0.2, 0.25) is 5.91 Å². The predicted octanol–water partition coefficient (Wildman–Crippen LogP) is 2.99. The molecule has 2 aromatic heterocycles. The van der Waals surface area contributed by atoms with E-state index in [1.54, 1.807) is 6.07 Å². The summed E-state index contributed by atoms with van der Waals surface area (Å²) in [5.74, 6) is -0.331. The van der Waals surface area contributed by atoms with Crippen LogP contribution in [-0.2, 0) is 5.75 Å². The van der Waals surface area contributed by atoms with Crippen LogP contribution in [0, 0.1) is 10.1 Å². The SMILES string of the molecule is NC(=O)c1ccc(CSc2ncnc3ccsc23)c([N+](=O)[O-])c1. The fourth-order valence-electron chi connectivity index (χ4n) is 2.02. The summed E-state index contributed by atoms with van der Waals surface area (Å²) >= 11 is 2.92. The molecule has 2 heterocycles. The van der Waals surface area contributed by atoms with Crippen molar-refractivity contribution < 1.29 is 9.72 Å². The van der Waals surface area contributed by atoms with Gasteiger partial charge in [0.25, 0.3) is 5.69 Å². The number of carbonyl (C=O) groups is 1. The minimum Gasteiger partial charge on any atom is -0.366 e. The molecule has 1 aromatic carbocycles. The molecule has 3 rings (SSSR count). The van der Waals surface area contributed by atoms with Gasteiger partial charge in [0.15, 0.2) is 0 Å². The van der Waals surface area contributed by atoms with Crippen LogP contribution >= 0.6 is 23.1 Å². The molecular weight excluding hydrogens is 336 g/mol. The Hall–Kier alpha value is -2.52. The van der Waals surface area contributed by atoms with Crippen molar-refractivity contribution in [1.29, 1.82) is 0 Å². The van der Waals surface area contributed by atoms with Crippen LogP contribution in [0.25, 0.3) is 10.2 Å². The molecule has 0 spiro atoms. The average molecular weight is 346 g/mol. The molecule has 0 fully saturated rings. The number of aromatic nitrogens is 2. The van der Waals surface area contributed by atoms with Crippen LogP contribution in [0.15, 0.2) is 41.0 Å². The number of carbonyl (C=O) groups excluding carboxylic acids is 1. The Morgan fingerprint density at radius 3 is 2.91 bits per heavy atom. The monoisotopic (exact) mass is 346 g/mol. The Kier molecular flexibility index (Phi) is 4.22. The lowest BCUT2D eigenvalue weighted by Gasteiger charge is -2.05. The van der Waals surface area contributed by atoms with E-state index in [1.165, 1.54) is 41.6 Å². The summed E-state index contributed by atoms with van der Waals surface area (Å²) in [5, 5.41) is 13.9. The molecule has 2 N–H and O–H groups in total. The highest BCUT2D eigenvalue weighted by atomic mass is 32.2. The topological polar surface area (TPSA) is 112 Å². The lowest BCUT2D eigenvalue weighted by molar-refractivity contribution is -0.385. The maximum atomic E-state index is 11.2. The van der Waals surface area contributed by atoms with E-state index in [9.17, 15) is 14.9 Å². The summed E-state index contributed by atoms with van der Waals surface area (Å²) < 4.78 is 0.953. The Labute approximate surface area is 138 Å². The third-order valence-electron chi connectivity index (χ3n) is 3.14. The zero-order chi connectivity index (χ0) is 16.4. The van der Waals surface area contributed by atoms with Gasteiger partial charge in [-0.1, -0.05) is 17.8 Å². The highest BCUT2D eigenvalue weighted by molar-refractivity contribution is 7.98. The zero-order valence-electron chi connectivity index (χ0n) is 11.6. The number of benzene rings is 1. The molecular formula is C14H10N4O3S2. The van der Waals surface area contributed by atoms with Crippen LogP contribution in [0.2, 0.25) is 0 Å². The van der Waals surface area contributed by atoms with Gasteiger partial charge in [-0.25, -0.2) is 9.97 Å². The van der Waals surface area contributed by atoms with Crippen LogP contribution in [0.1, 0.15) is 15.9 Å². The number of nitro groups is 1. The molecule has 1 amide bonds. The number of hydrogen-bond donors (Lipinski definition) is 1. The lowest BCUT2D eigenvalue weighted by atomic mass is 10.1. The first kappa shape index (κ1) is 15.4. The normalized spacial score (nSPS) is 10.8. The minimum absolute atomic E-state index is 0.119. The quantitative estimate of drug-likeness (QED) is 0.329. The van der Waals surface area contributed by atoms with Crippen molar-refractivity contribution in [1.82, 2.24) is 9.97 Å². The first-order valence-electron chi connectivity index (χ1n) is 6.44. The van der Waals surface area contributed by atoms with Crippen LogP contribution in [-0.4, -0.2) is 20.8 Å². The number of nitrogens with two attached hydrogens (primary N) is 1. The van der Waals surface area contributed by atoms with Crippen molar-refractivity contribution in [3.63, 3.8) is 0 Å². The van der Waals surface area contributed by atoms with E-state index in [0.29, 0.717) is 11.3 Å². The van der Waals surface area contributed by atoms with Gasteiger partial charge in [-0.3, -0.25) is 14.9 Å². The van der Waals surface area contributed by atoms with Crippen molar-refractivity contribution in [2.24, 2.45) is 5.73 Å². The molecule has 0 unspecified atom stereocenters. The number of thioether (sulfide) groups is 1. The molecule has 0 aliphatic heterocycles.